The average Bonchev–Trinajstić information content (AvgIpc) is 3.82. The van der Waals surface area contributed by atoms with Gasteiger partial charge in [-0.05, 0) is 30.7 Å². The first-order valence-corrected chi connectivity index (χ1v) is 14.7. The molecule has 0 atom stereocenters. The van der Waals surface area contributed by atoms with Gasteiger partial charge in [0.05, 0.1) is 21.2 Å². The van der Waals surface area contributed by atoms with Gasteiger partial charge in [-0.15, -0.1) is 0 Å². The number of halogens is 4. The standard InChI is InChI=1S/C30H21Cl4N3O2/c1-2-3-4-37-29(38)13-9-15(31)22-24-17(33)11-19(35-5-6-35)26-20(36-7-8-36)12-18(34)25(28(24)26)23-16(32)10-14(30(37)39)21(13)27(22)23/h9-12H,2-8H2,1H3. The Bertz CT molecular complexity index is 1830. The second-order valence-electron chi connectivity index (χ2n) is 10.7. The van der Waals surface area contributed by atoms with Gasteiger partial charge in [-0.1, -0.05) is 59.7 Å². The molecule has 0 unspecified atom stereocenters. The van der Waals surface area contributed by atoms with E-state index in [4.69, 9.17) is 46.4 Å². The van der Waals surface area contributed by atoms with Gasteiger partial charge in [0.25, 0.3) is 11.8 Å². The summed E-state index contributed by atoms with van der Waals surface area (Å²) in [5.74, 6) is -0.686. The first-order valence-electron chi connectivity index (χ1n) is 13.2. The minimum atomic E-state index is -0.343. The highest BCUT2D eigenvalue weighted by Crippen LogP contribution is 2.56. The Balaban J connectivity index is 1.62. The van der Waals surface area contributed by atoms with Gasteiger partial charge < -0.3 is 9.80 Å². The summed E-state index contributed by atoms with van der Waals surface area (Å²) in [7, 11) is 0. The highest BCUT2D eigenvalue weighted by molar-refractivity contribution is 6.55. The fourth-order valence-electron chi connectivity index (χ4n) is 6.40. The molecule has 3 aliphatic heterocycles. The quantitative estimate of drug-likeness (QED) is 0.0884. The fourth-order valence-corrected chi connectivity index (χ4v) is 7.58. The van der Waals surface area contributed by atoms with Crippen LogP contribution in [-0.4, -0.2) is 49.4 Å². The average molecular weight is 597 g/mol. The molecule has 196 valence electrons. The zero-order chi connectivity index (χ0) is 26.9. The molecule has 5 aromatic carbocycles. The number of benzene rings is 5. The van der Waals surface area contributed by atoms with Crippen LogP contribution in [0.3, 0.4) is 0 Å². The first kappa shape index (κ1) is 24.1. The third kappa shape index (κ3) is 3.16. The molecule has 2 saturated heterocycles. The summed E-state index contributed by atoms with van der Waals surface area (Å²) < 4.78 is 0. The van der Waals surface area contributed by atoms with Crippen molar-refractivity contribution in [1.29, 1.82) is 0 Å². The van der Waals surface area contributed by atoms with Crippen molar-refractivity contribution in [2.75, 3.05) is 42.5 Å². The molecule has 8 rings (SSSR count). The van der Waals surface area contributed by atoms with E-state index in [9.17, 15) is 9.59 Å². The van der Waals surface area contributed by atoms with Crippen LogP contribution in [0.25, 0.3) is 43.1 Å². The Morgan fingerprint density at radius 1 is 0.590 bits per heavy atom. The summed E-state index contributed by atoms with van der Waals surface area (Å²) in [4.78, 5) is 33.2. The fraction of sp³-hybridized carbons (Fsp3) is 0.267. The maximum absolute atomic E-state index is 13.7. The van der Waals surface area contributed by atoms with Crippen LogP contribution in [0.2, 0.25) is 20.1 Å². The molecule has 2 amide bonds. The predicted octanol–water partition coefficient (Wildman–Crippen LogP) is 8.39. The number of anilines is 2. The Labute approximate surface area is 244 Å². The normalized spacial score (nSPS) is 16.7. The van der Waals surface area contributed by atoms with E-state index in [-0.39, 0.29) is 11.8 Å². The predicted molar refractivity (Wildman–Crippen MR) is 162 cm³/mol. The molecule has 3 aliphatic rings. The molecule has 0 saturated carbocycles. The lowest BCUT2D eigenvalue weighted by Crippen LogP contribution is -2.41. The molecule has 0 radical (unpaired) electrons. The molecule has 5 nitrogen and oxygen atoms in total. The van der Waals surface area contributed by atoms with Gasteiger partial charge in [0.2, 0.25) is 0 Å². The van der Waals surface area contributed by atoms with Crippen molar-refractivity contribution >= 4 is 113 Å². The molecule has 2 fully saturated rings. The largest absolute Gasteiger partial charge is 0.367 e. The lowest BCUT2D eigenvalue weighted by Gasteiger charge is -2.30. The number of carbonyl (C=O) groups is 2. The van der Waals surface area contributed by atoms with E-state index in [1.165, 1.54) is 4.90 Å². The SMILES string of the molecule is CCCCN1C(=O)c2cc(Cl)c3c4c(Cl)cc(N5CC5)c5c(N6CC6)cc(Cl)c(c6c(Cl)cc(c2c36)C1=O)c54. The van der Waals surface area contributed by atoms with Crippen LogP contribution in [0.4, 0.5) is 11.4 Å². The number of rotatable bonds is 5. The van der Waals surface area contributed by atoms with Crippen molar-refractivity contribution in [3.8, 4) is 0 Å². The number of hydrogen-bond acceptors (Lipinski definition) is 4. The summed E-state index contributed by atoms with van der Waals surface area (Å²) in [6, 6.07) is 7.40. The number of unbranched alkanes of at least 4 members (excludes halogenated alkanes) is 1. The van der Waals surface area contributed by atoms with Gasteiger partial charge >= 0.3 is 0 Å². The second-order valence-corrected chi connectivity index (χ2v) is 12.3. The third-order valence-corrected chi connectivity index (χ3v) is 9.53. The van der Waals surface area contributed by atoms with Crippen LogP contribution in [0, 0.1) is 0 Å². The number of imide groups is 1. The van der Waals surface area contributed by atoms with Crippen LogP contribution in [0.5, 0.6) is 0 Å². The van der Waals surface area contributed by atoms with Gasteiger partial charge in [0, 0.05) is 97.2 Å². The molecule has 5 aromatic rings. The number of nitrogens with zero attached hydrogens (tertiary/aromatic N) is 3. The zero-order valence-corrected chi connectivity index (χ0v) is 24.0. The first-order chi connectivity index (χ1) is 18.8. The molecule has 0 aromatic heterocycles. The topological polar surface area (TPSA) is 43.4 Å². The highest BCUT2D eigenvalue weighted by Gasteiger charge is 2.37. The number of carbonyl (C=O) groups excluding carboxylic acids is 2. The summed E-state index contributed by atoms with van der Waals surface area (Å²) in [5, 5.41) is 8.01. The zero-order valence-electron chi connectivity index (χ0n) is 20.9. The summed E-state index contributed by atoms with van der Waals surface area (Å²) in [6.45, 7) is 6.20. The summed E-state index contributed by atoms with van der Waals surface area (Å²) >= 11 is 28.3. The minimum Gasteiger partial charge on any atom is -0.367 e. The number of fused-ring (bicyclic) bond motifs is 2. The molecule has 9 heteroatoms. The van der Waals surface area contributed by atoms with Crippen molar-refractivity contribution in [3.05, 3.63) is 55.5 Å². The van der Waals surface area contributed by atoms with Gasteiger partial charge in [-0.25, -0.2) is 0 Å². The van der Waals surface area contributed by atoms with Gasteiger partial charge in [0.15, 0.2) is 0 Å². The molecule has 0 spiro atoms. The Hall–Kier alpha value is -2.70. The van der Waals surface area contributed by atoms with Crippen molar-refractivity contribution < 1.29 is 9.59 Å². The molecular weight excluding hydrogens is 576 g/mol. The molecular formula is C30H21Cl4N3O2. The summed E-state index contributed by atoms with van der Waals surface area (Å²) in [6.07, 6.45) is 1.57. The van der Waals surface area contributed by atoms with Crippen molar-refractivity contribution in [1.82, 2.24) is 4.90 Å². The molecule has 39 heavy (non-hydrogen) atoms. The van der Waals surface area contributed by atoms with E-state index >= 15 is 0 Å². The van der Waals surface area contributed by atoms with E-state index in [2.05, 4.69) is 9.80 Å². The van der Waals surface area contributed by atoms with Gasteiger partial charge in [-0.2, -0.15) is 0 Å². The third-order valence-electron chi connectivity index (χ3n) is 8.34. The molecule has 0 N–H and O–H groups in total. The monoisotopic (exact) mass is 595 g/mol. The van der Waals surface area contributed by atoms with Crippen molar-refractivity contribution in [2.45, 2.75) is 19.8 Å². The van der Waals surface area contributed by atoms with Crippen molar-refractivity contribution in [3.63, 3.8) is 0 Å². The Kier molecular flexibility index (Phi) is 5.05. The van der Waals surface area contributed by atoms with Crippen LogP contribution in [-0.2, 0) is 0 Å². The van der Waals surface area contributed by atoms with Crippen molar-refractivity contribution in [2.24, 2.45) is 0 Å². The van der Waals surface area contributed by atoms with E-state index in [0.29, 0.717) is 65.7 Å². The van der Waals surface area contributed by atoms with E-state index in [1.54, 1.807) is 12.1 Å². The van der Waals surface area contributed by atoms with Gasteiger partial charge in [-0.3, -0.25) is 14.5 Å². The minimum absolute atomic E-state index is 0.339. The maximum atomic E-state index is 13.7. The second kappa shape index (κ2) is 8.17. The molecule has 0 aliphatic carbocycles. The number of hydrogen-bond donors (Lipinski definition) is 0. The van der Waals surface area contributed by atoms with E-state index < -0.39 is 0 Å². The van der Waals surface area contributed by atoms with E-state index in [1.807, 2.05) is 19.1 Å². The van der Waals surface area contributed by atoms with Crippen LogP contribution >= 0.6 is 46.4 Å². The maximum Gasteiger partial charge on any atom is 0.261 e. The highest BCUT2D eigenvalue weighted by atomic mass is 35.5. The Morgan fingerprint density at radius 3 is 1.41 bits per heavy atom. The van der Waals surface area contributed by atoms with Crippen LogP contribution < -0.4 is 9.80 Å². The molecule has 0 bridgehead atoms. The lowest BCUT2D eigenvalue weighted by atomic mass is 9.84. The Morgan fingerprint density at radius 2 is 1.00 bits per heavy atom. The smallest absolute Gasteiger partial charge is 0.261 e. The summed E-state index contributed by atoms with van der Waals surface area (Å²) in [5.41, 5.74) is 2.93. The number of amides is 2. The van der Waals surface area contributed by atoms with Gasteiger partial charge in [0.1, 0.15) is 0 Å². The van der Waals surface area contributed by atoms with Crippen LogP contribution in [0.1, 0.15) is 40.5 Å². The van der Waals surface area contributed by atoms with E-state index in [0.717, 1.165) is 65.5 Å². The molecule has 3 heterocycles. The van der Waals surface area contributed by atoms with Crippen LogP contribution in [0.15, 0.2) is 24.3 Å². The lowest BCUT2D eigenvalue weighted by molar-refractivity contribution is 0.0608.